The summed E-state index contributed by atoms with van der Waals surface area (Å²) in [4.78, 5) is 34.7. The summed E-state index contributed by atoms with van der Waals surface area (Å²) in [6, 6.07) is 5.55. The molecule has 1 aromatic carbocycles. The van der Waals surface area contributed by atoms with E-state index in [1.807, 2.05) is 0 Å². The van der Waals surface area contributed by atoms with Crippen LogP contribution in [0, 0.1) is 17.0 Å². The minimum absolute atomic E-state index is 0.0965. The van der Waals surface area contributed by atoms with Crippen LogP contribution < -0.4 is 5.32 Å². The Morgan fingerprint density at radius 1 is 1.35 bits per heavy atom. The maximum absolute atomic E-state index is 12.2. The number of anilines is 1. The summed E-state index contributed by atoms with van der Waals surface area (Å²) in [7, 11) is 1.15. The number of thiophene rings is 1. The molecule has 0 saturated heterocycles. The summed E-state index contributed by atoms with van der Waals surface area (Å²) < 4.78 is 5.06. The highest BCUT2D eigenvalue weighted by Gasteiger charge is 2.22. The molecule has 0 unspecified atom stereocenters. The molecule has 0 aliphatic rings. The molecule has 1 N–H and O–H groups in total. The number of nitrogens with one attached hydrogen (secondary N) is 1. The third kappa shape index (κ3) is 3.66. The quantitative estimate of drug-likeness (QED) is 0.513. The highest BCUT2D eigenvalue weighted by atomic mass is 35.5. The van der Waals surface area contributed by atoms with E-state index in [1.165, 1.54) is 13.0 Å². The molecular formula is C14H11ClN2O5S. The average Bonchev–Trinajstić information content (AvgIpc) is 2.93. The Balaban J connectivity index is 2.44. The number of halogens is 1. The predicted molar refractivity (Wildman–Crippen MR) is 86.5 cm³/mol. The number of hydrogen-bond acceptors (Lipinski definition) is 6. The van der Waals surface area contributed by atoms with E-state index < -0.39 is 16.8 Å². The molecule has 0 spiro atoms. The van der Waals surface area contributed by atoms with Gasteiger partial charge in [-0.1, -0.05) is 11.6 Å². The van der Waals surface area contributed by atoms with Crippen LogP contribution in [0.15, 0.2) is 24.3 Å². The number of nitro benzene ring substituents is 1. The monoisotopic (exact) mass is 354 g/mol. The van der Waals surface area contributed by atoms with Crippen LogP contribution >= 0.6 is 22.9 Å². The van der Waals surface area contributed by atoms with Gasteiger partial charge in [0.15, 0.2) is 0 Å². The molecular weight excluding hydrogens is 344 g/mol. The summed E-state index contributed by atoms with van der Waals surface area (Å²) >= 11 is 6.86. The number of carbonyl (C=O) groups is 2. The number of methoxy groups -OCH3 is 1. The van der Waals surface area contributed by atoms with Gasteiger partial charge in [-0.2, -0.15) is 0 Å². The molecule has 0 atom stereocenters. The fourth-order valence-corrected chi connectivity index (χ4v) is 2.83. The Bertz CT molecular complexity index is 802. The molecule has 9 heteroatoms. The Morgan fingerprint density at radius 2 is 2.04 bits per heavy atom. The van der Waals surface area contributed by atoms with Gasteiger partial charge in [0.25, 0.3) is 11.6 Å². The number of nitro groups is 1. The number of esters is 1. The minimum Gasteiger partial charge on any atom is -0.465 e. The van der Waals surface area contributed by atoms with E-state index in [0.29, 0.717) is 14.8 Å². The van der Waals surface area contributed by atoms with E-state index in [9.17, 15) is 19.7 Å². The van der Waals surface area contributed by atoms with Crippen LogP contribution in [0.1, 0.15) is 25.6 Å². The normalized spacial score (nSPS) is 10.2. The smallest absolute Gasteiger partial charge is 0.340 e. The second kappa shape index (κ2) is 6.76. The third-order valence-electron chi connectivity index (χ3n) is 2.98. The van der Waals surface area contributed by atoms with Crippen LogP contribution in [-0.4, -0.2) is 23.9 Å². The van der Waals surface area contributed by atoms with E-state index in [-0.39, 0.29) is 16.9 Å². The van der Waals surface area contributed by atoms with Gasteiger partial charge in [-0.25, -0.2) is 4.79 Å². The fourth-order valence-electron chi connectivity index (χ4n) is 1.90. The lowest BCUT2D eigenvalue weighted by atomic mass is 10.1. The largest absolute Gasteiger partial charge is 0.465 e. The first kappa shape index (κ1) is 16.9. The van der Waals surface area contributed by atoms with E-state index in [0.717, 1.165) is 24.5 Å². The summed E-state index contributed by atoms with van der Waals surface area (Å²) in [6.45, 7) is 1.51. The van der Waals surface area contributed by atoms with Crippen molar-refractivity contribution in [1.82, 2.24) is 0 Å². The van der Waals surface area contributed by atoms with Gasteiger partial charge in [0, 0.05) is 11.6 Å². The second-order valence-electron chi connectivity index (χ2n) is 4.49. The Hall–Kier alpha value is -2.45. The van der Waals surface area contributed by atoms with Crippen molar-refractivity contribution in [3.05, 3.63) is 54.7 Å². The fraction of sp³-hybridized carbons (Fsp3) is 0.143. The number of rotatable bonds is 4. The van der Waals surface area contributed by atoms with Gasteiger partial charge in [0.1, 0.15) is 0 Å². The maximum Gasteiger partial charge on any atom is 0.340 e. The van der Waals surface area contributed by atoms with E-state index in [4.69, 9.17) is 11.6 Å². The molecule has 120 valence electrons. The molecule has 7 nitrogen and oxygen atoms in total. The number of amides is 1. The number of ether oxygens (including phenoxy) is 1. The van der Waals surface area contributed by atoms with Gasteiger partial charge in [-0.05, 0) is 25.1 Å². The van der Waals surface area contributed by atoms with Crippen molar-refractivity contribution < 1.29 is 19.2 Å². The topological polar surface area (TPSA) is 98.5 Å². The zero-order valence-corrected chi connectivity index (χ0v) is 13.7. The average molecular weight is 355 g/mol. The Labute approximate surface area is 140 Å². The lowest BCUT2D eigenvalue weighted by Gasteiger charge is -2.10. The first-order valence-corrected chi connectivity index (χ1v) is 7.47. The van der Waals surface area contributed by atoms with E-state index >= 15 is 0 Å². The molecule has 0 saturated carbocycles. The van der Waals surface area contributed by atoms with Crippen molar-refractivity contribution >= 4 is 46.2 Å². The summed E-state index contributed by atoms with van der Waals surface area (Å²) in [6.07, 6.45) is 0. The molecule has 2 aromatic rings. The van der Waals surface area contributed by atoms with Crippen molar-refractivity contribution in [3.8, 4) is 0 Å². The molecule has 1 heterocycles. The Morgan fingerprint density at radius 3 is 2.57 bits per heavy atom. The first-order chi connectivity index (χ1) is 10.8. The van der Waals surface area contributed by atoms with Crippen molar-refractivity contribution in [2.75, 3.05) is 12.4 Å². The molecule has 23 heavy (non-hydrogen) atoms. The van der Waals surface area contributed by atoms with Crippen molar-refractivity contribution in [2.45, 2.75) is 6.92 Å². The van der Waals surface area contributed by atoms with E-state index in [2.05, 4.69) is 10.1 Å². The number of aryl methyl sites for hydroxylation is 1. The van der Waals surface area contributed by atoms with Gasteiger partial charge in [-0.15, -0.1) is 11.3 Å². The number of benzene rings is 1. The molecule has 0 aliphatic carbocycles. The molecule has 0 radical (unpaired) electrons. The molecule has 1 amide bonds. The molecule has 0 fully saturated rings. The van der Waals surface area contributed by atoms with Crippen LogP contribution in [-0.2, 0) is 4.74 Å². The number of carbonyl (C=O) groups excluding carboxylic acids is 2. The minimum atomic E-state index is -0.785. The third-order valence-corrected chi connectivity index (χ3v) is 4.21. The van der Waals surface area contributed by atoms with Gasteiger partial charge in [0.05, 0.1) is 32.5 Å². The van der Waals surface area contributed by atoms with Gasteiger partial charge < -0.3 is 10.1 Å². The highest BCUT2D eigenvalue weighted by molar-refractivity contribution is 7.18. The van der Waals surface area contributed by atoms with Gasteiger partial charge in [-0.3, -0.25) is 14.9 Å². The summed E-state index contributed by atoms with van der Waals surface area (Å²) in [5.41, 5.74) is 0.111. The summed E-state index contributed by atoms with van der Waals surface area (Å²) in [5.74, 6) is -1.26. The number of nitrogens with zero attached hydrogens (tertiary/aromatic N) is 1. The lowest BCUT2D eigenvalue weighted by Crippen LogP contribution is -2.15. The SMILES string of the molecule is COC(=O)c1cc([N+](=O)[O-])c(C)cc1NC(=O)c1ccc(Cl)s1. The maximum atomic E-state index is 12.2. The van der Waals surface area contributed by atoms with Crippen molar-refractivity contribution in [3.63, 3.8) is 0 Å². The zero-order chi connectivity index (χ0) is 17.1. The lowest BCUT2D eigenvalue weighted by molar-refractivity contribution is -0.385. The molecule has 0 bridgehead atoms. The van der Waals surface area contributed by atoms with Crippen molar-refractivity contribution in [2.24, 2.45) is 0 Å². The number of hydrogen-bond donors (Lipinski definition) is 1. The standard InChI is InChI=1S/C14H11ClN2O5S/c1-7-5-9(16-13(18)11-3-4-12(15)23-11)8(14(19)22-2)6-10(7)17(20)21/h3-6H,1-2H3,(H,16,18). The predicted octanol–water partition coefficient (Wildman–Crippen LogP) is 3.66. The molecule has 0 aliphatic heterocycles. The zero-order valence-electron chi connectivity index (χ0n) is 12.1. The van der Waals surface area contributed by atoms with Crippen LogP contribution in [0.5, 0.6) is 0 Å². The van der Waals surface area contributed by atoms with Gasteiger partial charge in [0.2, 0.25) is 0 Å². The van der Waals surface area contributed by atoms with Crippen molar-refractivity contribution in [1.29, 1.82) is 0 Å². The first-order valence-electron chi connectivity index (χ1n) is 6.27. The van der Waals surface area contributed by atoms with Crippen LogP contribution in [0.4, 0.5) is 11.4 Å². The van der Waals surface area contributed by atoms with Crippen LogP contribution in [0.2, 0.25) is 4.34 Å². The van der Waals surface area contributed by atoms with E-state index in [1.54, 1.807) is 12.1 Å². The highest BCUT2D eigenvalue weighted by Crippen LogP contribution is 2.29. The van der Waals surface area contributed by atoms with Crippen LogP contribution in [0.3, 0.4) is 0 Å². The Kier molecular flexibility index (Phi) is 4.97. The molecule has 2 rings (SSSR count). The summed E-state index contributed by atoms with van der Waals surface area (Å²) in [5, 5.41) is 13.5. The molecule has 1 aromatic heterocycles. The van der Waals surface area contributed by atoms with Gasteiger partial charge >= 0.3 is 5.97 Å². The second-order valence-corrected chi connectivity index (χ2v) is 6.21. The van der Waals surface area contributed by atoms with Crippen LogP contribution in [0.25, 0.3) is 0 Å².